The maximum atomic E-state index is 9.82. The Kier molecular flexibility index (Phi) is 5.68. The number of aromatic nitrogens is 1. The van der Waals surface area contributed by atoms with Crippen molar-refractivity contribution in [1.29, 1.82) is 5.26 Å². The first kappa shape index (κ1) is 19.2. The summed E-state index contributed by atoms with van der Waals surface area (Å²) in [4.78, 5) is 4.85. The number of pyridine rings is 1. The zero-order valence-electron chi connectivity index (χ0n) is 16.7. The van der Waals surface area contributed by atoms with E-state index in [1.165, 1.54) is 11.1 Å². The second kappa shape index (κ2) is 7.40. The van der Waals surface area contributed by atoms with Crippen LogP contribution in [0.2, 0.25) is 0 Å². The van der Waals surface area contributed by atoms with Gasteiger partial charge in [-0.2, -0.15) is 5.26 Å². The van der Waals surface area contributed by atoms with E-state index in [9.17, 15) is 5.26 Å². The molecule has 1 aromatic carbocycles. The molecule has 2 heteroatoms. The standard InChI is InChI=1S/C23H30N2/c1-15(2)12-21-19(13-23(5,6)7)22(20(14-24)17(4)25-21)18-10-8-16(3)9-11-18/h8-11,15H,12-13H2,1-7H3. The minimum Gasteiger partial charge on any atom is -0.256 e. The largest absolute Gasteiger partial charge is 0.256 e. The maximum Gasteiger partial charge on any atom is 0.102 e. The molecule has 0 atom stereocenters. The molecular formula is C23H30N2. The Morgan fingerprint density at radius 2 is 1.68 bits per heavy atom. The summed E-state index contributed by atoms with van der Waals surface area (Å²) in [7, 11) is 0. The molecule has 2 nitrogen and oxygen atoms in total. The number of nitrogens with zero attached hydrogens (tertiary/aromatic N) is 2. The van der Waals surface area contributed by atoms with Crippen molar-refractivity contribution >= 4 is 0 Å². The molecule has 0 saturated heterocycles. The van der Waals surface area contributed by atoms with Crippen LogP contribution < -0.4 is 0 Å². The lowest BCUT2D eigenvalue weighted by atomic mass is 9.81. The van der Waals surface area contributed by atoms with Crippen LogP contribution in [0.3, 0.4) is 0 Å². The van der Waals surface area contributed by atoms with Gasteiger partial charge in [-0.15, -0.1) is 0 Å². The molecule has 0 aliphatic rings. The van der Waals surface area contributed by atoms with Crippen LogP contribution in [0.25, 0.3) is 11.1 Å². The zero-order chi connectivity index (χ0) is 18.8. The number of hydrogen-bond acceptors (Lipinski definition) is 2. The SMILES string of the molecule is Cc1ccc(-c2c(C#N)c(C)nc(CC(C)C)c2CC(C)(C)C)cc1. The van der Waals surface area contributed by atoms with E-state index < -0.39 is 0 Å². The minimum atomic E-state index is 0.134. The molecule has 0 bridgehead atoms. The van der Waals surface area contributed by atoms with Gasteiger partial charge in [-0.3, -0.25) is 4.98 Å². The van der Waals surface area contributed by atoms with Gasteiger partial charge in [0.25, 0.3) is 0 Å². The van der Waals surface area contributed by atoms with Crippen LogP contribution >= 0.6 is 0 Å². The summed E-state index contributed by atoms with van der Waals surface area (Å²) in [5, 5.41) is 9.82. The summed E-state index contributed by atoms with van der Waals surface area (Å²) < 4.78 is 0. The molecule has 0 radical (unpaired) electrons. The Bertz CT molecular complexity index is 785. The highest BCUT2D eigenvalue weighted by Crippen LogP contribution is 2.36. The van der Waals surface area contributed by atoms with Gasteiger partial charge >= 0.3 is 0 Å². The van der Waals surface area contributed by atoms with Crippen LogP contribution in [-0.2, 0) is 12.8 Å². The van der Waals surface area contributed by atoms with E-state index >= 15 is 0 Å². The van der Waals surface area contributed by atoms with E-state index in [4.69, 9.17) is 4.98 Å². The summed E-state index contributed by atoms with van der Waals surface area (Å²) in [6.07, 6.45) is 1.86. The van der Waals surface area contributed by atoms with Crippen molar-refractivity contribution in [3.8, 4) is 17.2 Å². The summed E-state index contributed by atoms with van der Waals surface area (Å²) in [6.45, 7) is 15.2. The molecule has 2 rings (SSSR count). The average Bonchev–Trinajstić information content (AvgIpc) is 2.48. The molecule has 0 unspecified atom stereocenters. The molecule has 1 heterocycles. The molecule has 0 aliphatic carbocycles. The third-order valence-corrected chi connectivity index (χ3v) is 4.33. The lowest BCUT2D eigenvalue weighted by Gasteiger charge is -2.25. The molecule has 2 aromatic rings. The van der Waals surface area contributed by atoms with Crippen LogP contribution in [0, 0.1) is 36.5 Å². The van der Waals surface area contributed by atoms with E-state index in [1.807, 2.05) is 6.92 Å². The van der Waals surface area contributed by atoms with Crippen molar-refractivity contribution in [2.75, 3.05) is 0 Å². The third-order valence-electron chi connectivity index (χ3n) is 4.33. The van der Waals surface area contributed by atoms with E-state index in [0.29, 0.717) is 5.92 Å². The fourth-order valence-corrected chi connectivity index (χ4v) is 3.25. The average molecular weight is 335 g/mol. The van der Waals surface area contributed by atoms with Crippen LogP contribution in [0.4, 0.5) is 0 Å². The predicted molar refractivity (Wildman–Crippen MR) is 106 cm³/mol. The first-order chi connectivity index (χ1) is 11.6. The highest BCUT2D eigenvalue weighted by atomic mass is 14.7. The van der Waals surface area contributed by atoms with Gasteiger partial charge < -0.3 is 0 Å². The van der Waals surface area contributed by atoms with Gasteiger partial charge in [0, 0.05) is 11.3 Å². The van der Waals surface area contributed by atoms with Gasteiger partial charge in [-0.1, -0.05) is 64.4 Å². The van der Waals surface area contributed by atoms with Crippen molar-refractivity contribution in [2.45, 2.75) is 61.3 Å². The van der Waals surface area contributed by atoms with Crippen molar-refractivity contribution in [3.63, 3.8) is 0 Å². The number of aryl methyl sites for hydroxylation is 2. The normalized spacial score (nSPS) is 11.6. The number of nitriles is 1. The highest BCUT2D eigenvalue weighted by molar-refractivity contribution is 5.76. The Morgan fingerprint density at radius 1 is 1.08 bits per heavy atom. The molecule has 1 aromatic heterocycles. The number of rotatable bonds is 4. The van der Waals surface area contributed by atoms with E-state index in [2.05, 4.69) is 71.9 Å². The molecule has 0 N–H and O–H groups in total. The second-order valence-electron chi connectivity index (χ2n) is 8.69. The first-order valence-electron chi connectivity index (χ1n) is 9.12. The molecule has 0 spiro atoms. The third kappa shape index (κ3) is 4.69. The fourth-order valence-electron chi connectivity index (χ4n) is 3.25. The van der Waals surface area contributed by atoms with Crippen molar-refractivity contribution in [1.82, 2.24) is 4.98 Å². The molecule has 0 saturated carbocycles. The van der Waals surface area contributed by atoms with E-state index in [1.54, 1.807) is 0 Å². The molecule has 0 fully saturated rings. The summed E-state index contributed by atoms with van der Waals surface area (Å²) in [5.41, 5.74) is 7.52. The van der Waals surface area contributed by atoms with Gasteiger partial charge in [-0.25, -0.2) is 0 Å². The highest BCUT2D eigenvalue weighted by Gasteiger charge is 2.23. The molecule has 132 valence electrons. The van der Waals surface area contributed by atoms with Crippen molar-refractivity contribution < 1.29 is 0 Å². The van der Waals surface area contributed by atoms with Crippen LogP contribution in [-0.4, -0.2) is 4.98 Å². The molecule has 0 amide bonds. The minimum absolute atomic E-state index is 0.134. The summed E-state index contributed by atoms with van der Waals surface area (Å²) in [5.74, 6) is 0.532. The van der Waals surface area contributed by atoms with Gasteiger partial charge in [0.1, 0.15) is 6.07 Å². The van der Waals surface area contributed by atoms with Crippen LogP contribution in [0.1, 0.15) is 62.7 Å². The molecule has 0 aliphatic heterocycles. The Balaban J connectivity index is 2.81. The van der Waals surface area contributed by atoms with Gasteiger partial charge in [-0.05, 0) is 49.1 Å². The number of hydrogen-bond donors (Lipinski definition) is 0. The van der Waals surface area contributed by atoms with E-state index in [0.717, 1.165) is 40.9 Å². The lowest BCUT2D eigenvalue weighted by Crippen LogP contribution is -2.16. The Labute approximate surface area is 152 Å². The smallest absolute Gasteiger partial charge is 0.102 e. The van der Waals surface area contributed by atoms with Crippen LogP contribution in [0.5, 0.6) is 0 Å². The van der Waals surface area contributed by atoms with Gasteiger partial charge in [0.05, 0.1) is 11.3 Å². The fraction of sp³-hybridized carbons (Fsp3) is 0.478. The van der Waals surface area contributed by atoms with Crippen molar-refractivity contribution in [2.24, 2.45) is 11.3 Å². The number of benzene rings is 1. The van der Waals surface area contributed by atoms with Gasteiger partial charge in [0.15, 0.2) is 0 Å². The monoisotopic (exact) mass is 334 g/mol. The Morgan fingerprint density at radius 3 is 2.16 bits per heavy atom. The first-order valence-corrected chi connectivity index (χ1v) is 9.12. The topological polar surface area (TPSA) is 36.7 Å². The zero-order valence-corrected chi connectivity index (χ0v) is 16.7. The molecule has 25 heavy (non-hydrogen) atoms. The summed E-state index contributed by atoms with van der Waals surface area (Å²) in [6, 6.07) is 10.9. The van der Waals surface area contributed by atoms with Gasteiger partial charge in [0.2, 0.25) is 0 Å². The van der Waals surface area contributed by atoms with E-state index in [-0.39, 0.29) is 5.41 Å². The predicted octanol–water partition coefficient (Wildman–Crippen LogP) is 6.02. The lowest BCUT2D eigenvalue weighted by molar-refractivity contribution is 0.408. The Hall–Kier alpha value is -2.14. The second-order valence-corrected chi connectivity index (χ2v) is 8.69. The van der Waals surface area contributed by atoms with Crippen molar-refractivity contribution in [3.05, 3.63) is 52.3 Å². The molecular weight excluding hydrogens is 304 g/mol. The summed E-state index contributed by atoms with van der Waals surface area (Å²) >= 11 is 0. The van der Waals surface area contributed by atoms with Crippen LogP contribution in [0.15, 0.2) is 24.3 Å². The maximum absolute atomic E-state index is 9.82. The quantitative estimate of drug-likeness (QED) is 0.685.